The normalized spacial score (nSPS) is 16.7. The molecule has 1 fully saturated rings. The quantitative estimate of drug-likeness (QED) is 0.425. The monoisotopic (exact) mass is 460 g/mol. The van der Waals surface area contributed by atoms with Crippen molar-refractivity contribution in [3.05, 3.63) is 102 Å². The van der Waals surface area contributed by atoms with E-state index in [4.69, 9.17) is 15.6 Å². The lowest BCUT2D eigenvalue weighted by molar-refractivity contribution is -0.130. The second kappa shape index (κ2) is 8.72. The van der Waals surface area contributed by atoms with Gasteiger partial charge in [0.2, 0.25) is 0 Å². The summed E-state index contributed by atoms with van der Waals surface area (Å²) in [6, 6.07) is 19.0. The van der Waals surface area contributed by atoms with Gasteiger partial charge in [-0.25, -0.2) is 13.5 Å². The molecule has 4 aromatic rings. The van der Waals surface area contributed by atoms with Gasteiger partial charge in [-0.1, -0.05) is 24.3 Å². The average Bonchev–Trinajstić information content (AvgIpc) is 3.44. The first kappa shape index (κ1) is 21.8. The van der Waals surface area contributed by atoms with Crippen molar-refractivity contribution in [1.29, 1.82) is 0 Å². The molecule has 1 amide bonds. The van der Waals surface area contributed by atoms with E-state index in [0.717, 1.165) is 5.56 Å². The van der Waals surface area contributed by atoms with Crippen molar-refractivity contribution in [3.8, 4) is 16.8 Å². The van der Waals surface area contributed by atoms with Crippen molar-refractivity contribution < 1.29 is 18.3 Å². The lowest BCUT2D eigenvalue weighted by Gasteiger charge is -2.29. The highest BCUT2D eigenvalue weighted by molar-refractivity contribution is 5.80. The minimum Gasteiger partial charge on any atom is -0.399 e. The SMILES string of the molecule is CC(c1ccc(N)cc1)N1C(=O)COC1c1nn(-c2ccc(F)cc2)cc1-c1ccc(F)cc1. The van der Waals surface area contributed by atoms with E-state index >= 15 is 0 Å². The third-order valence-corrected chi connectivity index (χ3v) is 5.96. The molecule has 1 aliphatic heterocycles. The Balaban J connectivity index is 1.60. The van der Waals surface area contributed by atoms with E-state index in [9.17, 15) is 13.6 Å². The summed E-state index contributed by atoms with van der Waals surface area (Å²) < 4.78 is 34.6. The summed E-state index contributed by atoms with van der Waals surface area (Å²) in [7, 11) is 0. The molecule has 2 heterocycles. The Labute approximate surface area is 195 Å². The van der Waals surface area contributed by atoms with Gasteiger partial charge in [0.05, 0.1) is 11.7 Å². The number of benzene rings is 3. The topological polar surface area (TPSA) is 73.4 Å². The van der Waals surface area contributed by atoms with E-state index < -0.39 is 6.23 Å². The first-order valence-electron chi connectivity index (χ1n) is 10.8. The maximum atomic E-state index is 13.6. The number of nitrogens with two attached hydrogens (primary N) is 1. The summed E-state index contributed by atoms with van der Waals surface area (Å²) in [6.45, 7) is 1.83. The third kappa shape index (κ3) is 4.04. The van der Waals surface area contributed by atoms with Crippen molar-refractivity contribution in [1.82, 2.24) is 14.7 Å². The number of aromatic nitrogens is 2. The van der Waals surface area contributed by atoms with Gasteiger partial charge >= 0.3 is 0 Å². The Morgan fingerprint density at radius 3 is 2.24 bits per heavy atom. The maximum absolute atomic E-state index is 13.6. The number of halogens is 2. The summed E-state index contributed by atoms with van der Waals surface area (Å²) in [5, 5.41) is 4.73. The van der Waals surface area contributed by atoms with Crippen LogP contribution in [0.2, 0.25) is 0 Å². The van der Waals surface area contributed by atoms with Gasteiger partial charge in [-0.15, -0.1) is 0 Å². The number of carbonyl (C=O) groups excluding carboxylic acids is 1. The summed E-state index contributed by atoms with van der Waals surface area (Å²) in [5.41, 5.74) is 9.89. The summed E-state index contributed by atoms with van der Waals surface area (Å²) in [5.74, 6) is -0.888. The number of nitrogen functional groups attached to an aromatic ring is 1. The molecule has 1 aliphatic rings. The van der Waals surface area contributed by atoms with Crippen molar-refractivity contribution in [3.63, 3.8) is 0 Å². The fourth-order valence-electron chi connectivity index (χ4n) is 4.15. The van der Waals surface area contributed by atoms with Crippen LogP contribution in [-0.4, -0.2) is 27.2 Å². The van der Waals surface area contributed by atoms with Crippen LogP contribution in [0.1, 0.15) is 30.5 Å². The van der Waals surface area contributed by atoms with E-state index in [1.807, 2.05) is 19.1 Å². The third-order valence-electron chi connectivity index (χ3n) is 5.96. The van der Waals surface area contributed by atoms with Crippen LogP contribution >= 0.6 is 0 Å². The molecule has 6 nitrogen and oxygen atoms in total. The van der Waals surface area contributed by atoms with Crippen molar-refractivity contribution in [2.75, 3.05) is 12.3 Å². The van der Waals surface area contributed by atoms with Crippen LogP contribution in [0.15, 0.2) is 79.0 Å². The zero-order valence-corrected chi connectivity index (χ0v) is 18.4. The highest BCUT2D eigenvalue weighted by atomic mass is 19.1. The number of nitrogens with zero attached hydrogens (tertiary/aromatic N) is 3. The van der Waals surface area contributed by atoms with Crippen molar-refractivity contribution in [2.45, 2.75) is 19.2 Å². The number of anilines is 1. The molecule has 3 aromatic carbocycles. The zero-order valence-electron chi connectivity index (χ0n) is 18.4. The second-order valence-electron chi connectivity index (χ2n) is 8.16. The molecule has 0 spiro atoms. The zero-order chi connectivity index (χ0) is 23.8. The van der Waals surface area contributed by atoms with Crippen LogP contribution in [-0.2, 0) is 9.53 Å². The Bertz CT molecular complexity index is 1320. The fraction of sp³-hybridized carbons (Fsp3) is 0.154. The molecule has 8 heteroatoms. The Kier molecular flexibility index (Phi) is 5.59. The van der Waals surface area contributed by atoms with E-state index in [2.05, 4.69) is 0 Å². The van der Waals surface area contributed by atoms with Gasteiger partial charge in [0.15, 0.2) is 6.23 Å². The van der Waals surface area contributed by atoms with Crippen LogP contribution in [0.3, 0.4) is 0 Å². The van der Waals surface area contributed by atoms with Gasteiger partial charge < -0.3 is 15.4 Å². The molecule has 34 heavy (non-hydrogen) atoms. The van der Waals surface area contributed by atoms with Gasteiger partial charge in [0, 0.05) is 17.4 Å². The standard InChI is InChI=1S/C26H22F2N4O2/c1-16(17-4-10-21(29)11-5-17)32-24(33)15-34-26(32)25-23(18-2-6-19(27)7-3-18)14-31(30-25)22-12-8-20(28)9-13-22/h2-14,16,26H,15,29H2,1H3. The van der Waals surface area contributed by atoms with E-state index in [0.29, 0.717) is 28.2 Å². The Morgan fingerprint density at radius 1 is 0.971 bits per heavy atom. The minimum absolute atomic E-state index is 0.0871. The molecule has 0 aliphatic carbocycles. The molecule has 1 saturated heterocycles. The van der Waals surface area contributed by atoms with Crippen molar-refractivity contribution >= 4 is 11.6 Å². The summed E-state index contributed by atoms with van der Waals surface area (Å²) >= 11 is 0. The molecule has 0 radical (unpaired) electrons. The van der Waals surface area contributed by atoms with Gasteiger partial charge in [0.25, 0.3) is 5.91 Å². The Hall–Kier alpha value is -4.04. The molecule has 172 valence electrons. The molecule has 0 bridgehead atoms. The lowest BCUT2D eigenvalue weighted by Crippen LogP contribution is -2.32. The predicted molar refractivity (Wildman–Crippen MR) is 124 cm³/mol. The molecule has 1 aromatic heterocycles. The molecule has 5 rings (SSSR count). The van der Waals surface area contributed by atoms with Gasteiger partial charge in [0.1, 0.15) is 23.9 Å². The van der Waals surface area contributed by atoms with E-state index in [1.165, 1.54) is 24.3 Å². The number of ether oxygens (including phenoxy) is 1. The minimum atomic E-state index is -0.762. The molecule has 2 N–H and O–H groups in total. The maximum Gasteiger partial charge on any atom is 0.251 e. The summed E-state index contributed by atoms with van der Waals surface area (Å²) in [6.07, 6.45) is 1.01. The number of rotatable bonds is 5. The van der Waals surface area contributed by atoms with E-state index in [1.54, 1.807) is 52.2 Å². The lowest BCUT2D eigenvalue weighted by atomic mass is 10.0. The second-order valence-corrected chi connectivity index (χ2v) is 8.16. The van der Waals surface area contributed by atoms with Crippen LogP contribution in [0.25, 0.3) is 16.8 Å². The van der Waals surface area contributed by atoms with Crippen LogP contribution in [0.4, 0.5) is 14.5 Å². The fourth-order valence-corrected chi connectivity index (χ4v) is 4.15. The molecule has 0 saturated carbocycles. The van der Waals surface area contributed by atoms with E-state index in [-0.39, 0.29) is 30.2 Å². The number of amides is 1. The first-order chi connectivity index (χ1) is 16.4. The van der Waals surface area contributed by atoms with Gasteiger partial charge in [-0.05, 0) is 66.6 Å². The largest absolute Gasteiger partial charge is 0.399 e. The first-order valence-corrected chi connectivity index (χ1v) is 10.8. The molecular weight excluding hydrogens is 438 g/mol. The molecule has 2 unspecified atom stereocenters. The van der Waals surface area contributed by atoms with Gasteiger partial charge in [-0.2, -0.15) is 5.10 Å². The van der Waals surface area contributed by atoms with Crippen LogP contribution in [0, 0.1) is 11.6 Å². The number of hydrogen-bond acceptors (Lipinski definition) is 4. The highest BCUT2D eigenvalue weighted by Crippen LogP contribution is 2.39. The van der Waals surface area contributed by atoms with Crippen LogP contribution in [0.5, 0.6) is 0 Å². The molecular formula is C26H22F2N4O2. The van der Waals surface area contributed by atoms with Gasteiger partial charge in [-0.3, -0.25) is 4.79 Å². The number of carbonyl (C=O) groups is 1. The Morgan fingerprint density at radius 2 is 1.59 bits per heavy atom. The molecule has 2 atom stereocenters. The predicted octanol–water partition coefficient (Wildman–Crippen LogP) is 5.02. The highest BCUT2D eigenvalue weighted by Gasteiger charge is 2.40. The number of hydrogen-bond donors (Lipinski definition) is 1. The summed E-state index contributed by atoms with van der Waals surface area (Å²) in [4.78, 5) is 14.5. The average molecular weight is 460 g/mol. The smallest absolute Gasteiger partial charge is 0.251 e. The van der Waals surface area contributed by atoms with Crippen LogP contribution < -0.4 is 5.73 Å². The van der Waals surface area contributed by atoms with Crippen molar-refractivity contribution in [2.24, 2.45) is 0 Å².